The van der Waals surface area contributed by atoms with Crippen LogP contribution in [-0.2, 0) is 18.9 Å². The molecule has 1 aliphatic carbocycles. The van der Waals surface area contributed by atoms with E-state index in [-0.39, 0.29) is 5.78 Å². The van der Waals surface area contributed by atoms with Gasteiger partial charge in [0.15, 0.2) is 5.78 Å². The third kappa shape index (κ3) is 3.32. The topological polar surface area (TPSA) is 74.5 Å². The summed E-state index contributed by atoms with van der Waals surface area (Å²) in [6.07, 6.45) is 5.31. The number of ketones is 1. The van der Waals surface area contributed by atoms with Crippen LogP contribution in [-0.4, -0.2) is 14.9 Å². The molecule has 0 amide bonds. The number of allylic oxidation sites excluding steroid dienone is 2. The van der Waals surface area contributed by atoms with Crippen LogP contribution >= 0.6 is 0 Å². The Bertz CT molecular complexity index is 1020. The third-order valence-corrected chi connectivity index (χ3v) is 5.76. The average Bonchev–Trinajstić information content (AvgIpc) is 3.10. The first kappa shape index (κ1) is 19.5. The molecule has 0 radical (unpaired) electrons. The van der Waals surface area contributed by atoms with Gasteiger partial charge in [-0.15, -0.1) is 0 Å². The van der Waals surface area contributed by atoms with Crippen LogP contribution in [0.5, 0.6) is 0 Å². The quantitative estimate of drug-likeness (QED) is 0.742. The van der Waals surface area contributed by atoms with E-state index in [0.29, 0.717) is 17.3 Å². The van der Waals surface area contributed by atoms with Gasteiger partial charge in [-0.25, -0.2) is 0 Å². The molecule has 0 atom stereocenters. The number of aromatic nitrogens is 2. The van der Waals surface area contributed by atoms with Gasteiger partial charge in [0.2, 0.25) is 0 Å². The van der Waals surface area contributed by atoms with Crippen LogP contribution in [0.2, 0.25) is 0 Å². The number of carbonyl (C=O) groups is 1. The number of nitriles is 2. The van der Waals surface area contributed by atoms with Gasteiger partial charge < -0.3 is 9.13 Å². The van der Waals surface area contributed by atoms with Crippen LogP contribution < -0.4 is 0 Å². The highest BCUT2D eigenvalue weighted by atomic mass is 16.1. The molecule has 2 aromatic rings. The maximum atomic E-state index is 13.1. The van der Waals surface area contributed by atoms with Gasteiger partial charge in [-0.3, -0.25) is 4.79 Å². The van der Waals surface area contributed by atoms with Crippen molar-refractivity contribution in [2.45, 2.75) is 33.6 Å². The van der Waals surface area contributed by atoms with Crippen LogP contribution in [0.1, 0.15) is 53.7 Å². The van der Waals surface area contributed by atoms with Gasteiger partial charge in [-0.2, -0.15) is 10.5 Å². The van der Waals surface area contributed by atoms with Crippen LogP contribution in [0.25, 0.3) is 12.2 Å². The fourth-order valence-electron chi connectivity index (χ4n) is 3.79. The molecule has 0 aliphatic heterocycles. The number of carbonyl (C=O) groups excluding carboxylic acids is 1. The maximum absolute atomic E-state index is 13.1. The van der Waals surface area contributed by atoms with Crippen molar-refractivity contribution in [3.8, 4) is 12.1 Å². The highest BCUT2D eigenvalue weighted by Crippen LogP contribution is 2.33. The molecule has 0 bridgehead atoms. The minimum absolute atomic E-state index is 0.0571. The van der Waals surface area contributed by atoms with E-state index in [1.54, 1.807) is 0 Å². The van der Waals surface area contributed by atoms with E-state index in [2.05, 4.69) is 19.1 Å². The summed E-state index contributed by atoms with van der Waals surface area (Å²) in [6, 6.07) is 8.03. The Hall–Kier alpha value is -3.31. The van der Waals surface area contributed by atoms with Crippen molar-refractivity contribution in [2.24, 2.45) is 20.0 Å². The van der Waals surface area contributed by atoms with Crippen molar-refractivity contribution in [3.05, 3.63) is 57.2 Å². The molecule has 5 nitrogen and oxygen atoms in total. The summed E-state index contributed by atoms with van der Waals surface area (Å²) in [5, 5.41) is 18.5. The summed E-state index contributed by atoms with van der Waals surface area (Å²) in [7, 11) is 3.72. The van der Waals surface area contributed by atoms with Gasteiger partial charge in [-0.1, -0.05) is 6.92 Å². The van der Waals surface area contributed by atoms with Crippen LogP contribution in [0.15, 0.2) is 23.3 Å². The highest BCUT2D eigenvalue weighted by Gasteiger charge is 2.26. The zero-order chi connectivity index (χ0) is 20.6. The fourth-order valence-corrected chi connectivity index (χ4v) is 3.79. The molecule has 2 heterocycles. The number of hydrogen-bond donors (Lipinski definition) is 0. The van der Waals surface area contributed by atoms with E-state index in [1.807, 2.05) is 61.4 Å². The van der Waals surface area contributed by atoms with Gasteiger partial charge in [0.1, 0.15) is 23.5 Å². The molecule has 0 N–H and O–H groups in total. The van der Waals surface area contributed by atoms with E-state index in [0.717, 1.165) is 46.5 Å². The van der Waals surface area contributed by atoms with Gasteiger partial charge in [0.05, 0.1) is 0 Å². The van der Waals surface area contributed by atoms with Crippen molar-refractivity contribution in [2.75, 3.05) is 0 Å². The van der Waals surface area contributed by atoms with Crippen molar-refractivity contribution in [3.63, 3.8) is 0 Å². The van der Waals surface area contributed by atoms with Crippen molar-refractivity contribution in [1.29, 1.82) is 10.5 Å². The van der Waals surface area contributed by atoms with E-state index in [4.69, 9.17) is 0 Å². The molecular weight excluding hydrogens is 348 g/mol. The summed E-state index contributed by atoms with van der Waals surface area (Å²) in [5.41, 5.74) is 6.49. The highest BCUT2D eigenvalue weighted by molar-refractivity contribution is 6.14. The van der Waals surface area contributed by atoms with Crippen molar-refractivity contribution in [1.82, 2.24) is 9.13 Å². The second-order valence-corrected chi connectivity index (χ2v) is 7.66. The molecule has 1 aliphatic rings. The first-order chi connectivity index (χ1) is 13.3. The molecule has 0 unspecified atom stereocenters. The molecule has 0 spiro atoms. The summed E-state index contributed by atoms with van der Waals surface area (Å²) >= 11 is 0. The molecular formula is C23H24N4O. The Morgan fingerprint density at radius 3 is 1.64 bits per heavy atom. The maximum Gasteiger partial charge on any atom is 0.185 e. The van der Waals surface area contributed by atoms with E-state index in [1.165, 1.54) is 0 Å². The number of rotatable bonds is 2. The van der Waals surface area contributed by atoms with Crippen LogP contribution in [0.3, 0.4) is 0 Å². The minimum atomic E-state index is 0.0571. The minimum Gasteiger partial charge on any atom is -0.339 e. The molecule has 1 saturated carbocycles. The van der Waals surface area contributed by atoms with E-state index >= 15 is 0 Å². The molecule has 3 rings (SSSR count). The molecule has 0 aromatic carbocycles. The summed E-state index contributed by atoms with van der Waals surface area (Å²) in [4.78, 5) is 13.1. The van der Waals surface area contributed by atoms with E-state index < -0.39 is 0 Å². The lowest BCUT2D eigenvalue weighted by Crippen LogP contribution is -2.18. The summed E-state index contributed by atoms with van der Waals surface area (Å²) in [6.45, 7) is 6.06. The molecule has 5 heteroatoms. The van der Waals surface area contributed by atoms with Crippen molar-refractivity contribution < 1.29 is 4.79 Å². The van der Waals surface area contributed by atoms with Gasteiger partial charge >= 0.3 is 0 Å². The van der Waals surface area contributed by atoms with Crippen molar-refractivity contribution >= 4 is 17.9 Å². The fraction of sp³-hybridized carbons (Fsp3) is 0.348. The molecule has 0 saturated heterocycles. The zero-order valence-corrected chi connectivity index (χ0v) is 17.0. The molecule has 28 heavy (non-hydrogen) atoms. The summed E-state index contributed by atoms with van der Waals surface area (Å²) in [5.74, 6) is 0.413. The van der Waals surface area contributed by atoms with E-state index in [9.17, 15) is 15.3 Å². The lowest BCUT2D eigenvalue weighted by atomic mass is 9.81. The molecule has 142 valence electrons. The van der Waals surface area contributed by atoms with Crippen LogP contribution in [0, 0.1) is 42.4 Å². The summed E-state index contributed by atoms with van der Waals surface area (Å²) < 4.78 is 3.69. The smallest absolute Gasteiger partial charge is 0.185 e. The van der Waals surface area contributed by atoms with Gasteiger partial charge in [-0.05, 0) is 68.0 Å². The largest absolute Gasteiger partial charge is 0.339 e. The SMILES string of the molecule is Cc1c(C=C2CC(C)CC(=Cc3cc(C#N)n(C)c3C)C2=O)cc(C#N)n1C. The lowest BCUT2D eigenvalue weighted by molar-refractivity contribution is -0.113. The van der Waals surface area contributed by atoms with Gasteiger partial charge in [0, 0.05) is 36.6 Å². The number of nitrogens with zero attached hydrogens (tertiary/aromatic N) is 4. The first-order valence-electron chi connectivity index (χ1n) is 9.35. The van der Waals surface area contributed by atoms with Gasteiger partial charge in [0.25, 0.3) is 0 Å². The first-order valence-corrected chi connectivity index (χ1v) is 9.35. The normalized spacial score (nSPS) is 19.8. The lowest BCUT2D eigenvalue weighted by Gasteiger charge is -2.22. The predicted octanol–water partition coefficient (Wildman–Crippen LogP) is 4.19. The monoisotopic (exact) mass is 372 g/mol. The molecule has 1 fully saturated rings. The average molecular weight is 372 g/mol. The Balaban J connectivity index is 2.02. The third-order valence-electron chi connectivity index (χ3n) is 5.76. The predicted molar refractivity (Wildman–Crippen MR) is 109 cm³/mol. The standard InChI is InChI=1S/C23H24N4O/c1-14-6-19(8-17-10-21(12-24)26(4)15(17)2)23(28)20(7-14)9-18-11-22(13-25)27(5)16(18)3/h8-11,14H,6-7H2,1-5H3. The Kier molecular flexibility index (Phi) is 5.12. The second-order valence-electron chi connectivity index (χ2n) is 7.66. The second kappa shape index (κ2) is 7.37. The Morgan fingerprint density at radius 2 is 1.32 bits per heavy atom. The number of hydrogen-bond acceptors (Lipinski definition) is 3. The number of Topliss-reactive ketones (excluding diaryl/α,β-unsaturated/α-hetero) is 1. The Morgan fingerprint density at radius 1 is 0.929 bits per heavy atom. The molecule has 2 aromatic heterocycles. The Labute approximate surface area is 165 Å². The van der Waals surface area contributed by atoms with Crippen LogP contribution in [0.4, 0.5) is 0 Å². The zero-order valence-electron chi connectivity index (χ0n) is 17.0.